The van der Waals surface area contributed by atoms with Crippen molar-refractivity contribution in [3.05, 3.63) is 47.4 Å². The van der Waals surface area contributed by atoms with Gasteiger partial charge in [0.05, 0.1) is 5.02 Å². The molecule has 0 bridgehead atoms. The van der Waals surface area contributed by atoms with Gasteiger partial charge in [-0.2, -0.15) is 0 Å². The Morgan fingerprint density at radius 2 is 2.14 bits per heavy atom. The maximum Gasteiger partial charge on any atom is 0.242 e. The van der Waals surface area contributed by atoms with Crippen LogP contribution in [0.1, 0.15) is 12.5 Å². The molecule has 2 aromatic rings. The normalized spacial score (nSPS) is 11.3. The van der Waals surface area contributed by atoms with E-state index >= 15 is 0 Å². The van der Waals surface area contributed by atoms with Crippen molar-refractivity contribution in [3.63, 3.8) is 0 Å². The van der Waals surface area contributed by atoms with Crippen LogP contribution in [0.15, 0.2) is 41.7 Å². The summed E-state index contributed by atoms with van der Waals surface area (Å²) < 4.78 is 26.8. The van der Waals surface area contributed by atoms with Crippen LogP contribution in [0.3, 0.4) is 0 Å². The molecule has 0 radical (unpaired) electrons. The number of halogens is 1. The first-order valence-electron chi connectivity index (χ1n) is 6.31. The zero-order valence-corrected chi connectivity index (χ0v) is 12.9. The lowest BCUT2D eigenvalue weighted by atomic mass is 10.3. The predicted molar refractivity (Wildman–Crippen MR) is 81.7 cm³/mol. The van der Waals surface area contributed by atoms with Gasteiger partial charge >= 0.3 is 0 Å². The number of hydrogen-bond acceptors (Lipinski definition) is 5. The molecule has 2 rings (SSSR count). The van der Waals surface area contributed by atoms with Gasteiger partial charge in [0.1, 0.15) is 10.7 Å². The molecule has 0 aliphatic rings. The molecule has 6 nitrogen and oxygen atoms in total. The van der Waals surface area contributed by atoms with E-state index in [4.69, 9.17) is 11.6 Å². The molecule has 0 unspecified atom stereocenters. The summed E-state index contributed by atoms with van der Waals surface area (Å²) in [4.78, 5) is 7.97. The lowest BCUT2D eigenvalue weighted by Crippen LogP contribution is -2.23. The smallest absolute Gasteiger partial charge is 0.242 e. The van der Waals surface area contributed by atoms with Gasteiger partial charge in [0.2, 0.25) is 10.0 Å². The fraction of sp³-hybridized carbons (Fsp3) is 0.231. The van der Waals surface area contributed by atoms with E-state index in [1.54, 1.807) is 24.5 Å². The fourth-order valence-corrected chi connectivity index (χ4v) is 2.91. The van der Waals surface area contributed by atoms with Crippen LogP contribution in [0, 0.1) is 0 Å². The van der Waals surface area contributed by atoms with Crippen molar-refractivity contribution < 1.29 is 8.42 Å². The maximum atomic E-state index is 12.2. The van der Waals surface area contributed by atoms with Gasteiger partial charge in [0, 0.05) is 31.7 Å². The quantitative estimate of drug-likeness (QED) is 0.848. The predicted octanol–water partition coefficient (Wildman–Crippen LogP) is 2.04. The minimum atomic E-state index is -3.67. The summed E-state index contributed by atoms with van der Waals surface area (Å²) in [6.45, 7) is 2.71. The number of sulfonamides is 1. The number of rotatable bonds is 6. The van der Waals surface area contributed by atoms with Gasteiger partial charge < -0.3 is 5.32 Å². The highest BCUT2D eigenvalue weighted by Crippen LogP contribution is 2.22. The van der Waals surface area contributed by atoms with E-state index in [1.807, 2.05) is 6.92 Å². The molecule has 8 heteroatoms. The molecule has 0 spiro atoms. The Balaban J connectivity index is 2.14. The second-order valence-corrected chi connectivity index (χ2v) is 6.39. The van der Waals surface area contributed by atoms with Gasteiger partial charge in [-0.3, -0.25) is 4.98 Å². The van der Waals surface area contributed by atoms with Crippen LogP contribution >= 0.6 is 11.6 Å². The molecule has 21 heavy (non-hydrogen) atoms. The van der Waals surface area contributed by atoms with Crippen LogP contribution < -0.4 is 10.0 Å². The average Bonchev–Trinajstić information content (AvgIpc) is 2.48. The summed E-state index contributed by atoms with van der Waals surface area (Å²) in [5.74, 6) is 0.463. The molecule has 0 aromatic carbocycles. The molecule has 0 atom stereocenters. The Kier molecular flexibility index (Phi) is 5.11. The maximum absolute atomic E-state index is 12.2. The van der Waals surface area contributed by atoms with E-state index < -0.39 is 10.0 Å². The Hall–Kier alpha value is -1.70. The molecular weight excluding hydrogens is 312 g/mol. The minimum Gasteiger partial charge on any atom is -0.369 e. The van der Waals surface area contributed by atoms with E-state index in [0.29, 0.717) is 12.4 Å². The van der Waals surface area contributed by atoms with E-state index in [-0.39, 0.29) is 16.5 Å². The molecule has 0 amide bonds. The molecule has 0 saturated carbocycles. The zero-order chi connectivity index (χ0) is 15.3. The lowest BCUT2D eigenvalue weighted by molar-refractivity contribution is 0.581. The molecule has 2 heterocycles. The van der Waals surface area contributed by atoms with Gasteiger partial charge in [-0.25, -0.2) is 18.1 Å². The largest absolute Gasteiger partial charge is 0.369 e. The highest BCUT2D eigenvalue weighted by Gasteiger charge is 2.16. The number of pyridine rings is 2. The summed E-state index contributed by atoms with van der Waals surface area (Å²) in [5, 5.41) is 3.21. The summed E-state index contributed by atoms with van der Waals surface area (Å²) in [7, 11) is -3.67. The van der Waals surface area contributed by atoms with Crippen molar-refractivity contribution in [3.8, 4) is 0 Å². The van der Waals surface area contributed by atoms with Crippen molar-refractivity contribution >= 4 is 27.4 Å². The first kappa shape index (κ1) is 15.7. The topological polar surface area (TPSA) is 84.0 Å². The molecule has 0 saturated heterocycles. The molecule has 0 fully saturated rings. The van der Waals surface area contributed by atoms with Crippen molar-refractivity contribution in [2.24, 2.45) is 0 Å². The van der Waals surface area contributed by atoms with Crippen LogP contribution in [0.5, 0.6) is 0 Å². The van der Waals surface area contributed by atoms with Crippen LogP contribution in [0.4, 0.5) is 5.82 Å². The first-order chi connectivity index (χ1) is 10.0. The minimum absolute atomic E-state index is 0.0260. The van der Waals surface area contributed by atoms with Gasteiger partial charge in [0.15, 0.2) is 0 Å². The number of nitrogens with zero attached hydrogens (tertiary/aromatic N) is 2. The van der Waals surface area contributed by atoms with E-state index in [2.05, 4.69) is 20.0 Å². The second kappa shape index (κ2) is 6.84. The first-order valence-corrected chi connectivity index (χ1v) is 8.17. The highest BCUT2D eigenvalue weighted by molar-refractivity contribution is 7.89. The van der Waals surface area contributed by atoms with Crippen LogP contribution in [-0.2, 0) is 16.6 Å². The summed E-state index contributed by atoms with van der Waals surface area (Å²) >= 11 is 6.00. The third-order valence-corrected chi connectivity index (χ3v) is 4.32. The molecular formula is C13H15ClN4O2S. The van der Waals surface area contributed by atoms with Crippen LogP contribution in [0.25, 0.3) is 0 Å². The van der Waals surface area contributed by atoms with Gasteiger partial charge in [-0.1, -0.05) is 17.7 Å². The number of aromatic nitrogens is 2. The zero-order valence-electron chi connectivity index (χ0n) is 11.4. The number of nitrogens with one attached hydrogen (secondary N) is 2. The van der Waals surface area contributed by atoms with E-state index in [9.17, 15) is 8.42 Å². The number of anilines is 1. The third-order valence-electron chi connectivity index (χ3n) is 2.66. The van der Waals surface area contributed by atoms with Crippen LogP contribution in [-0.4, -0.2) is 24.9 Å². The van der Waals surface area contributed by atoms with Crippen molar-refractivity contribution in [2.75, 3.05) is 11.9 Å². The Morgan fingerprint density at radius 3 is 2.76 bits per heavy atom. The van der Waals surface area contributed by atoms with Crippen molar-refractivity contribution in [1.29, 1.82) is 0 Å². The summed E-state index contributed by atoms with van der Waals surface area (Å²) in [6.07, 6.45) is 4.50. The lowest BCUT2D eigenvalue weighted by Gasteiger charge is -2.09. The third kappa shape index (κ3) is 4.13. The Morgan fingerprint density at radius 1 is 1.33 bits per heavy atom. The molecule has 2 aromatic heterocycles. The van der Waals surface area contributed by atoms with Gasteiger partial charge in [-0.15, -0.1) is 0 Å². The van der Waals surface area contributed by atoms with E-state index in [0.717, 1.165) is 5.56 Å². The highest BCUT2D eigenvalue weighted by atomic mass is 35.5. The van der Waals surface area contributed by atoms with Gasteiger partial charge in [0.25, 0.3) is 0 Å². The molecule has 112 valence electrons. The standard InChI is InChI=1S/C13H15ClN4O2S/c1-2-16-13-12(14)6-11(9-17-13)21(19,20)18-8-10-4-3-5-15-7-10/h3-7,9,18H,2,8H2,1H3,(H,16,17). The van der Waals surface area contributed by atoms with Crippen molar-refractivity contribution in [1.82, 2.24) is 14.7 Å². The summed E-state index contributed by atoms with van der Waals surface area (Å²) in [5.41, 5.74) is 0.768. The monoisotopic (exact) mass is 326 g/mol. The molecule has 0 aliphatic carbocycles. The average molecular weight is 327 g/mol. The summed E-state index contributed by atoms with van der Waals surface area (Å²) in [6, 6.07) is 4.90. The molecule has 2 N–H and O–H groups in total. The fourth-order valence-electron chi connectivity index (χ4n) is 1.63. The van der Waals surface area contributed by atoms with E-state index in [1.165, 1.54) is 12.3 Å². The Labute approximate surface area is 128 Å². The van der Waals surface area contributed by atoms with Gasteiger partial charge in [-0.05, 0) is 24.6 Å². The molecule has 0 aliphatic heterocycles. The van der Waals surface area contributed by atoms with Crippen molar-refractivity contribution in [2.45, 2.75) is 18.4 Å². The Bertz CT molecular complexity index is 707. The van der Waals surface area contributed by atoms with Crippen LogP contribution in [0.2, 0.25) is 5.02 Å². The SMILES string of the molecule is CCNc1ncc(S(=O)(=O)NCc2cccnc2)cc1Cl. The second-order valence-electron chi connectivity index (χ2n) is 4.22. The number of hydrogen-bond donors (Lipinski definition) is 2.